The van der Waals surface area contributed by atoms with E-state index in [0.717, 1.165) is 5.56 Å². The third kappa shape index (κ3) is 2.77. The van der Waals surface area contributed by atoms with Gasteiger partial charge in [0, 0.05) is 6.92 Å². The highest BCUT2D eigenvalue weighted by Crippen LogP contribution is 2.19. The molecule has 1 aromatic heterocycles. The largest absolute Gasteiger partial charge is 0.477 e. The van der Waals surface area contributed by atoms with Gasteiger partial charge in [-0.15, -0.1) is 0 Å². The number of nitrogens with one attached hydrogen (secondary N) is 2. The van der Waals surface area contributed by atoms with Crippen LogP contribution in [0.5, 0.6) is 0 Å². The Morgan fingerprint density at radius 1 is 1.40 bits per heavy atom. The fraction of sp³-hybridized carbons (Fsp3) is 0.154. The molecule has 7 nitrogen and oxygen atoms in total. The second-order valence-electron chi connectivity index (χ2n) is 4.27. The first kappa shape index (κ1) is 13.6. The van der Waals surface area contributed by atoms with Crippen molar-refractivity contribution in [3.63, 3.8) is 0 Å². The van der Waals surface area contributed by atoms with Gasteiger partial charge in [-0.25, -0.2) is 9.59 Å². The molecule has 2 rings (SSSR count). The Morgan fingerprint density at radius 2 is 2.10 bits per heavy atom. The van der Waals surface area contributed by atoms with Crippen molar-refractivity contribution in [2.24, 2.45) is 0 Å². The third-order valence-electron chi connectivity index (χ3n) is 2.60. The van der Waals surface area contributed by atoms with Gasteiger partial charge in [0.05, 0.1) is 5.52 Å². The second-order valence-corrected chi connectivity index (χ2v) is 4.27. The Balaban J connectivity index is 2.53. The number of fused-ring (bicyclic) bond motifs is 1. The highest BCUT2D eigenvalue weighted by molar-refractivity contribution is 5.96. The van der Waals surface area contributed by atoms with Crippen LogP contribution in [0.3, 0.4) is 0 Å². The zero-order chi connectivity index (χ0) is 14.9. The summed E-state index contributed by atoms with van der Waals surface area (Å²) in [5, 5.41) is 11.2. The van der Waals surface area contributed by atoms with Crippen molar-refractivity contribution in [2.45, 2.75) is 13.8 Å². The number of aromatic amines is 1. The van der Waals surface area contributed by atoms with Crippen molar-refractivity contribution in [3.8, 4) is 0 Å². The van der Waals surface area contributed by atoms with E-state index in [1.165, 1.54) is 19.1 Å². The molecule has 2 aromatic rings. The van der Waals surface area contributed by atoms with Crippen molar-refractivity contribution >= 4 is 29.1 Å². The molecule has 0 aliphatic heterocycles. The topological polar surface area (TPSA) is 112 Å². The number of carbonyl (C=O) groups is 2. The van der Waals surface area contributed by atoms with Crippen molar-refractivity contribution in [1.29, 1.82) is 0 Å². The van der Waals surface area contributed by atoms with E-state index in [9.17, 15) is 14.4 Å². The summed E-state index contributed by atoms with van der Waals surface area (Å²) in [5.74, 6) is -2.32. The predicted octanol–water partition coefficient (Wildman–Crippen LogP) is 0.991. The predicted molar refractivity (Wildman–Crippen MR) is 71.0 cm³/mol. The zero-order valence-electron chi connectivity index (χ0n) is 10.8. The molecule has 0 saturated carbocycles. The molecule has 20 heavy (non-hydrogen) atoms. The molecule has 0 aliphatic rings. The third-order valence-corrected chi connectivity index (χ3v) is 2.60. The average Bonchev–Trinajstić information content (AvgIpc) is 2.68. The lowest BCUT2D eigenvalue weighted by Crippen LogP contribution is -2.24. The maximum atomic E-state index is 11.1. The Labute approximate surface area is 112 Å². The van der Waals surface area contributed by atoms with Crippen LogP contribution < -0.4 is 11.1 Å². The molecule has 0 fully saturated rings. The zero-order valence-corrected chi connectivity index (χ0v) is 10.8. The number of hydrogen-bond donors (Lipinski definition) is 3. The van der Waals surface area contributed by atoms with Crippen LogP contribution in [-0.4, -0.2) is 22.0 Å². The minimum Gasteiger partial charge on any atom is -0.477 e. The monoisotopic (exact) mass is 276 g/mol. The lowest BCUT2D eigenvalue weighted by Gasteiger charge is -2.04. The first-order valence-corrected chi connectivity index (χ1v) is 5.73. The summed E-state index contributed by atoms with van der Waals surface area (Å²) in [7, 11) is 0. The molecule has 7 heteroatoms. The van der Waals surface area contributed by atoms with E-state index in [1.807, 2.05) is 0 Å². The van der Waals surface area contributed by atoms with E-state index >= 15 is 0 Å². The van der Waals surface area contributed by atoms with E-state index in [2.05, 4.69) is 10.3 Å². The van der Waals surface area contributed by atoms with Gasteiger partial charge < -0.3 is 14.8 Å². The van der Waals surface area contributed by atoms with Crippen LogP contribution in [0.2, 0.25) is 0 Å². The summed E-state index contributed by atoms with van der Waals surface area (Å²) in [6.45, 7) is 2.97. The van der Waals surface area contributed by atoms with Crippen molar-refractivity contribution in [3.05, 3.63) is 39.5 Å². The number of H-pyrrole nitrogens is 1. The van der Waals surface area contributed by atoms with E-state index in [0.29, 0.717) is 16.7 Å². The summed E-state index contributed by atoms with van der Waals surface area (Å²) in [4.78, 5) is 35.7. The highest BCUT2D eigenvalue weighted by atomic mass is 16.4. The molecule has 3 N–H and O–H groups in total. The molecular weight excluding hydrogens is 264 g/mol. The molecule has 0 atom stereocenters. The number of carboxylic acids is 1. The SMILES string of the molecule is CC(=O)NC(=Cc1cc(C)c2[nH]c(=O)oc2c1)C(=O)O. The van der Waals surface area contributed by atoms with Gasteiger partial charge in [-0.05, 0) is 36.3 Å². The molecule has 0 unspecified atom stereocenters. The fourth-order valence-corrected chi connectivity index (χ4v) is 1.84. The smallest absolute Gasteiger partial charge is 0.417 e. The highest BCUT2D eigenvalue weighted by Gasteiger charge is 2.11. The van der Waals surface area contributed by atoms with Gasteiger partial charge in [-0.2, -0.15) is 0 Å². The van der Waals surface area contributed by atoms with E-state index < -0.39 is 17.6 Å². The van der Waals surface area contributed by atoms with Crippen LogP contribution in [-0.2, 0) is 9.59 Å². The number of aliphatic carboxylic acids is 1. The molecule has 0 saturated heterocycles. The normalized spacial score (nSPS) is 11.6. The van der Waals surface area contributed by atoms with Gasteiger partial charge in [0.15, 0.2) is 5.58 Å². The molecule has 0 bridgehead atoms. The number of aryl methyl sites for hydroxylation is 1. The quantitative estimate of drug-likeness (QED) is 0.724. The molecular formula is C13H12N2O5. The average molecular weight is 276 g/mol. The Morgan fingerprint density at radius 3 is 2.70 bits per heavy atom. The second kappa shape index (κ2) is 5.04. The summed E-state index contributed by atoms with van der Waals surface area (Å²) in [6.07, 6.45) is 1.29. The molecule has 0 spiro atoms. The number of oxazole rings is 1. The van der Waals surface area contributed by atoms with Gasteiger partial charge in [-0.1, -0.05) is 0 Å². The van der Waals surface area contributed by atoms with Crippen molar-refractivity contribution < 1.29 is 19.1 Å². The first-order chi connectivity index (χ1) is 9.36. The summed E-state index contributed by atoms with van der Waals surface area (Å²) in [6, 6.07) is 3.20. The molecule has 1 heterocycles. The van der Waals surface area contributed by atoms with Crippen LogP contribution >= 0.6 is 0 Å². The summed E-state index contributed by atoms with van der Waals surface area (Å²) in [5.41, 5.74) is 1.86. The van der Waals surface area contributed by atoms with Crippen LogP contribution in [0.4, 0.5) is 0 Å². The minimum atomic E-state index is -1.26. The van der Waals surface area contributed by atoms with Crippen LogP contribution in [0.1, 0.15) is 18.1 Å². The first-order valence-electron chi connectivity index (χ1n) is 5.73. The molecule has 104 valence electrons. The Bertz CT molecular complexity index is 782. The van der Waals surface area contributed by atoms with Gasteiger partial charge in [0.1, 0.15) is 5.70 Å². The summed E-state index contributed by atoms with van der Waals surface area (Å²) < 4.78 is 4.94. The number of aromatic nitrogens is 1. The Hall–Kier alpha value is -2.83. The van der Waals surface area contributed by atoms with Crippen LogP contribution in [0.15, 0.2) is 27.0 Å². The number of carboxylic acid groups (broad SMARTS) is 1. The molecule has 1 aromatic carbocycles. The number of hydrogen-bond acceptors (Lipinski definition) is 4. The minimum absolute atomic E-state index is 0.255. The maximum Gasteiger partial charge on any atom is 0.417 e. The van der Waals surface area contributed by atoms with E-state index in [-0.39, 0.29) is 5.70 Å². The lowest BCUT2D eigenvalue weighted by molar-refractivity contribution is -0.134. The summed E-state index contributed by atoms with van der Waals surface area (Å²) >= 11 is 0. The Kier molecular flexibility index (Phi) is 3.43. The molecule has 0 radical (unpaired) electrons. The van der Waals surface area contributed by atoms with Crippen molar-refractivity contribution in [2.75, 3.05) is 0 Å². The molecule has 0 aliphatic carbocycles. The van der Waals surface area contributed by atoms with Crippen LogP contribution in [0.25, 0.3) is 17.2 Å². The standard InChI is InChI=1S/C13H12N2O5/c1-6-3-8(4-9(12(17)18)14-7(2)16)5-10-11(6)15-13(19)20-10/h3-5H,1-2H3,(H,14,16)(H,15,19)(H,17,18). The van der Waals surface area contributed by atoms with Gasteiger partial charge in [0.25, 0.3) is 0 Å². The number of benzene rings is 1. The maximum absolute atomic E-state index is 11.1. The number of carbonyl (C=O) groups excluding carboxylic acids is 1. The fourth-order valence-electron chi connectivity index (χ4n) is 1.84. The van der Waals surface area contributed by atoms with E-state index in [4.69, 9.17) is 9.52 Å². The van der Waals surface area contributed by atoms with Gasteiger partial charge in [-0.3, -0.25) is 9.78 Å². The molecule has 1 amide bonds. The van der Waals surface area contributed by atoms with E-state index in [1.54, 1.807) is 13.0 Å². The van der Waals surface area contributed by atoms with Gasteiger partial charge in [0.2, 0.25) is 5.91 Å². The van der Waals surface area contributed by atoms with Crippen LogP contribution in [0, 0.1) is 6.92 Å². The number of rotatable bonds is 3. The van der Waals surface area contributed by atoms with Gasteiger partial charge >= 0.3 is 11.7 Å². The number of amides is 1. The van der Waals surface area contributed by atoms with Crippen molar-refractivity contribution in [1.82, 2.24) is 10.3 Å². The lowest BCUT2D eigenvalue weighted by atomic mass is 10.1.